The fraction of sp³-hybridized carbons (Fsp3) is 0.235. The number of hydrogen-bond acceptors (Lipinski definition) is 2. The van der Waals surface area contributed by atoms with Crippen LogP contribution in [0.5, 0.6) is 0 Å². The van der Waals surface area contributed by atoms with E-state index in [0.717, 1.165) is 17.9 Å². The van der Waals surface area contributed by atoms with Gasteiger partial charge in [0, 0.05) is 17.6 Å². The van der Waals surface area contributed by atoms with Crippen molar-refractivity contribution in [1.29, 1.82) is 0 Å². The summed E-state index contributed by atoms with van der Waals surface area (Å²) in [6.07, 6.45) is 2.10. The molecule has 2 heterocycles. The number of hydrogen-bond donors (Lipinski definition) is 1. The molecule has 3 heteroatoms. The molecule has 3 rings (SSSR count). The van der Waals surface area contributed by atoms with E-state index in [1.54, 1.807) is 0 Å². The van der Waals surface area contributed by atoms with E-state index in [1.807, 2.05) is 12.1 Å². The average Bonchev–Trinajstić information content (AvgIpc) is 2.85. The normalized spacial score (nSPS) is 10.9. The highest BCUT2D eigenvalue weighted by Crippen LogP contribution is 2.19. The largest absolute Gasteiger partial charge is 0.379 e. The van der Waals surface area contributed by atoms with E-state index < -0.39 is 0 Å². The van der Waals surface area contributed by atoms with Gasteiger partial charge in [-0.15, -0.1) is 0 Å². The lowest BCUT2D eigenvalue weighted by atomic mass is 10.1. The molecule has 102 valence electrons. The molecule has 0 aliphatic carbocycles. The van der Waals surface area contributed by atoms with E-state index in [4.69, 9.17) is 0 Å². The number of benzene rings is 1. The van der Waals surface area contributed by atoms with Crippen LogP contribution in [-0.2, 0) is 6.54 Å². The van der Waals surface area contributed by atoms with E-state index in [2.05, 4.69) is 65.9 Å². The smallest absolute Gasteiger partial charge is 0.137 e. The van der Waals surface area contributed by atoms with Gasteiger partial charge in [0.1, 0.15) is 5.65 Å². The molecule has 3 aromatic rings. The molecule has 0 atom stereocenters. The lowest BCUT2D eigenvalue weighted by Crippen LogP contribution is -2.02. The summed E-state index contributed by atoms with van der Waals surface area (Å²) in [6, 6.07) is 12.5. The third-order valence-corrected chi connectivity index (χ3v) is 3.81. The number of nitrogens with zero attached hydrogens (tertiary/aromatic N) is 2. The van der Waals surface area contributed by atoms with Crippen molar-refractivity contribution in [2.24, 2.45) is 0 Å². The maximum Gasteiger partial charge on any atom is 0.137 e. The fourth-order valence-electron chi connectivity index (χ4n) is 2.41. The van der Waals surface area contributed by atoms with E-state index >= 15 is 0 Å². The summed E-state index contributed by atoms with van der Waals surface area (Å²) in [5, 5.41) is 3.47. The van der Waals surface area contributed by atoms with E-state index in [0.29, 0.717) is 0 Å². The molecule has 1 N–H and O–H groups in total. The molecule has 20 heavy (non-hydrogen) atoms. The second-order valence-corrected chi connectivity index (χ2v) is 5.23. The van der Waals surface area contributed by atoms with Crippen molar-refractivity contribution in [2.45, 2.75) is 27.3 Å². The number of aromatic nitrogens is 2. The number of aryl methyl sites for hydroxylation is 2. The molecule has 1 aromatic carbocycles. The molecule has 0 aliphatic heterocycles. The predicted molar refractivity (Wildman–Crippen MR) is 83.2 cm³/mol. The van der Waals surface area contributed by atoms with Crippen molar-refractivity contribution in [3.63, 3.8) is 0 Å². The monoisotopic (exact) mass is 265 g/mol. The van der Waals surface area contributed by atoms with Crippen LogP contribution in [0.15, 0.2) is 42.6 Å². The van der Waals surface area contributed by atoms with Crippen molar-refractivity contribution in [3.8, 4) is 0 Å². The van der Waals surface area contributed by atoms with Gasteiger partial charge in [-0.3, -0.25) is 0 Å². The Morgan fingerprint density at radius 3 is 2.65 bits per heavy atom. The summed E-state index contributed by atoms with van der Waals surface area (Å²) in [5.41, 5.74) is 7.04. The maximum atomic E-state index is 4.64. The van der Waals surface area contributed by atoms with Crippen molar-refractivity contribution in [3.05, 3.63) is 65.1 Å². The van der Waals surface area contributed by atoms with Gasteiger partial charge in [0.05, 0.1) is 12.2 Å². The Morgan fingerprint density at radius 1 is 1.05 bits per heavy atom. The molecule has 0 radical (unpaired) electrons. The van der Waals surface area contributed by atoms with Gasteiger partial charge in [-0.05, 0) is 50.1 Å². The van der Waals surface area contributed by atoms with Crippen LogP contribution in [0, 0.1) is 20.8 Å². The molecular weight excluding hydrogens is 246 g/mol. The zero-order valence-corrected chi connectivity index (χ0v) is 12.1. The molecule has 0 amide bonds. The van der Waals surface area contributed by atoms with Gasteiger partial charge in [-0.2, -0.15) is 0 Å². The van der Waals surface area contributed by atoms with Gasteiger partial charge >= 0.3 is 0 Å². The topological polar surface area (TPSA) is 29.3 Å². The van der Waals surface area contributed by atoms with Crippen LogP contribution in [-0.4, -0.2) is 9.38 Å². The molecule has 0 saturated heterocycles. The molecule has 0 fully saturated rings. The van der Waals surface area contributed by atoms with Crippen molar-refractivity contribution in [2.75, 3.05) is 5.32 Å². The van der Waals surface area contributed by atoms with Gasteiger partial charge in [-0.25, -0.2) is 4.98 Å². The minimum absolute atomic E-state index is 0.741. The molecule has 3 nitrogen and oxygen atoms in total. The highest BCUT2D eigenvalue weighted by atomic mass is 15.0. The molecular formula is C17H19N3. The highest BCUT2D eigenvalue weighted by Gasteiger charge is 2.04. The quantitative estimate of drug-likeness (QED) is 0.779. The average molecular weight is 265 g/mol. The van der Waals surface area contributed by atoms with Crippen molar-refractivity contribution < 1.29 is 0 Å². The molecule has 2 aromatic heterocycles. The predicted octanol–water partition coefficient (Wildman–Crippen LogP) is 3.87. The summed E-state index contributed by atoms with van der Waals surface area (Å²) >= 11 is 0. The molecule has 0 spiro atoms. The first-order chi connectivity index (χ1) is 9.65. The summed E-state index contributed by atoms with van der Waals surface area (Å²) in [4.78, 5) is 4.64. The number of pyridine rings is 1. The molecule has 0 unspecified atom stereocenters. The minimum atomic E-state index is 0.741. The van der Waals surface area contributed by atoms with E-state index in [9.17, 15) is 0 Å². The van der Waals surface area contributed by atoms with E-state index in [-0.39, 0.29) is 0 Å². The van der Waals surface area contributed by atoms with Crippen LogP contribution in [0.1, 0.15) is 22.5 Å². The zero-order chi connectivity index (χ0) is 14.1. The standard InChI is InChI=1S/C17H19N3/c1-12-6-4-8-16(14(12)3)18-10-15-11-20-13(2)7-5-9-17(20)19-15/h4-9,11,18H,10H2,1-3H3. The lowest BCUT2D eigenvalue weighted by Gasteiger charge is -2.09. The van der Waals surface area contributed by atoms with Gasteiger partial charge in [0.15, 0.2) is 0 Å². The van der Waals surface area contributed by atoms with Crippen LogP contribution < -0.4 is 5.32 Å². The number of nitrogens with one attached hydrogen (secondary N) is 1. The Labute approximate surface area is 119 Å². The summed E-state index contributed by atoms with van der Waals surface area (Å²) < 4.78 is 2.13. The molecule has 0 bridgehead atoms. The van der Waals surface area contributed by atoms with E-state index in [1.165, 1.54) is 22.5 Å². The first kappa shape index (κ1) is 12.7. The first-order valence-electron chi connectivity index (χ1n) is 6.89. The van der Waals surface area contributed by atoms with Crippen molar-refractivity contribution >= 4 is 11.3 Å². The maximum absolute atomic E-state index is 4.64. The number of fused-ring (bicyclic) bond motifs is 1. The Kier molecular flexibility index (Phi) is 3.18. The Morgan fingerprint density at radius 2 is 1.85 bits per heavy atom. The van der Waals surface area contributed by atoms with Crippen LogP contribution in [0.2, 0.25) is 0 Å². The van der Waals surface area contributed by atoms with Gasteiger partial charge in [0.2, 0.25) is 0 Å². The summed E-state index contributed by atoms with van der Waals surface area (Å²) in [5.74, 6) is 0. The van der Waals surface area contributed by atoms with Crippen LogP contribution in [0.4, 0.5) is 5.69 Å². The van der Waals surface area contributed by atoms with Crippen LogP contribution >= 0.6 is 0 Å². The number of rotatable bonds is 3. The van der Waals surface area contributed by atoms with Gasteiger partial charge < -0.3 is 9.72 Å². The first-order valence-corrected chi connectivity index (χ1v) is 6.89. The Balaban J connectivity index is 1.83. The van der Waals surface area contributed by atoms with Gasteiger partial charge in [-0.1, -0.05) is 18.2 Å². The third-order valence-electron chi connectivity index (χ3n) is 3.81. The summed E-state index contributed by atoms with van der Waals surface area (Å²) in [7, 11) is 0. The van der Waals surface area contributed by atoms with Gasteiger partial charge in [0.25, 0.3) is 0 Å². The minimum Gasteiger partial charge on any atom is -0.379 e. The lowest BCUT2D eigenvalue weighted by molar-refractivity contribution is 1.06. The Bertz CT molecular complexity index is 756. The fourth-order valence-corrected chi connectivity index (χ4v) is 2.41. The number of anilines is 1. The second kappa shape index (κ2) is 5.00. The Hall–Kier alpha value is -2.29. The second-order valence-electron chi connectivity index (χ2n) is 5.23. The number of imidazole rings is 1. The van der Waals surface area contributed by atoms with Crippen LogP contribution in [0.25, 0.3) is 5.65 Å². The zero-order valence-electron chi connectivity index (χ0n) is 12.1. The SMILES string of the molecule is Cc1cccc(NCc2cn3c(C)cccc3n2)c1C. The van der Waals surface area contributed by atoms with Crippen molar-refractivity contribution in [1.82, 2.24) is 9.38 Å². The van der Waals surface area contributed by atoms with Crippen LogP contribution in [0.3, 0.4) is 0 Å². The highest BCUT2D eigenvalue weighted by molar-refractivity contribution is 5.54. The molecule has 0 aliphatic rings. The summed E-state index contributed by atoms with van der Waals surface area (Å²) in [6.45, 7) is 7.11. The molecule has 0 saturated carbocycles. The third kappa shape index (κ3) is 2.27.